The average Bonchev–Trinajstić information content (AvgIpc) is 2.73. The Morgan fingerprint density at radius 2 is 1.83 bits per heavy atom. The average molecular weight is 492 g/mol. The van der Waals surface area contributed by atoms with Gasteiger partial charge >= 0.3 is 0 Å². The summed E-state index contributed by atoms with van der Waals surface area (Å²) in [7, 11) is 4.34. The van der Waals surface area contributed by atoms with Gasteiger partial charge in [-0.25, -0.2) is 0 Å². The van der Waals surface area contributed by atoms with Gasteiger partial charge in [0, 0.05) is 21.3 Å². The number of anilines is 1. The summed E-state index contributed by atoms with van der Waals surface area (Å²) in [5.41, 5.74) is 2.69. The van der Waals surface area contributed by atoms with Crippen LogP contribution in [0.2, 0.25) is 0 Å². The zero-order valence-electron chi connectivity index (χ0n) is 17.9. The van der Waals surface area contributed by atoms with Crippen molar-refractivity contribution < 1.29 is 4.79 Å². The SMILES string of the molecule is C=CC(Cc1ccc(NC(=O)c2cccc(Br)c2)cc1)(C1CCCCC1)N(C)C.Cl. The Kier molecular flexibility index (Phi) is 9.14. The molecule has 0 spiro atoms. The van der Waals surface area contributed by atoms with Crippen LogP contribution in [0.1, 0.15) is 48.0 Å². The van der Waals surface area contributed by atoms with Crippen molar-refractivity contribution in [1.82, 2.24) is 4.90 Å². The summed E-state index contributed by atoms with van der Waals surface area (Å²) in [4.78, 5) is 14.8. The molecule has 0 saturated heterocycles. The van der Waals surface area contributed by atoms with Crippen molar-refractivity contribution in [3.05, 3.63) is 76.8 Å². The number of benzene rings is 2. The minimum absolute atomic E-state index is 0. The largest absolute Gasteiger partial charge is 0.322 e. The van der Waals surface area contributed by atoms with Crippen LogP contribution in [-0.4, -0.2) is 30.4 Å². The van der Waals surface area contributed by atoms with Crippen LogP contribution in [0.25, 0.3) is 0 Å². The van der Waals surface area contributed by atoms with Crippen LogP contribution in [0.3, 0.4) is 0 Å². The highest BCUT2D eigenvalue weighted by Gasteiger charge is 2.38. The first kappa shape index (κ1) is 24.6. The van der Waals surface area contributed by atoms with Gasteiger partial charge in [-0.1, -0.05) is 59.5 Å². The third-order valence-corrected chi connectivity index (χ3v) is 6.78. The summed E-state index contributed by atoms with van der Waals surface area (Å²) in [6.45, 7) is 4.22. The fourth-order valence-electron chi connectivity index (χ4n) is 4.56. The van der Waals surface area contributed by atoms with Crippen LogP contribution >= 0.6 is 28.3 Å². The molecule has 1 N–H and O–H groups in total. The van der Waals surface area contributed by atoms with E-state index in [-0.39, 0.29) is 23.9 Å². The fourth-order valence-corrected chi connectivity index (χ4v) is 4.96. The van der Waals surface area contributed by atoms with Gasteiger partial charge in [0.1, 0.15) is 0 Å². The number of hydrogen-bond donors (Lipinski definition) is 1. The fraction of sp³-hybridized carbons (Fsp3) is 0.400. The maximum Gasteiger partial charge on any atom is 0.255 e. The minimum Gasteiger partial charge on any atom is -0.322 e. The Morgan fingerprint density at radius 3 is 2.40 bits per heavy atom. The highest BCUT2D eigenvalue weighted by Crippen LogP contribution is 2.38. The highest BCUT2D eigenvalue weighted by atomic mass is 79.9. The van der Waals surface area contributed by atoms with Crippen LogP contribution in [0.5, 0.6) is 0 Å². The van der Waals surface area contributed by atoms with Gasteiger partial charge in [-0.05, 0) is 75.2 Å². The van der Waals surface area contributed by atoms with Crippen LogP contribution < -0.4 is 5.32 Å². The second kappa shape index (κ2) is 11.1. The molecule has 0 aromatic heterocycles. The normalized spacial score (nSPS) is 16.4. The smallest absolute Gasteiger partial charge is 0.255 e. The number of rotatable bonds is 7. The minimum atomic E-state index is -0.102. The number of halogens is 2. The number of carbonyl (C=O) groups excluding carboxylic acids is 1. The van der Waals surface area contributed by atoms with E-state index in [0.717, 1.165) is 16.6 Å². The molecule has 1 aliphatic rings. The number of amides is 1. The standard InChI is InChI=1S/C25H31BrN2O.ClH/c1-4-25(28(2)3,21-10-6-5-7-11-21)18-19-13-15-23(16-14-19)27-24(29)20-9-8-12-22(26)17-20;/h4,8-9,12-17,21H,1,5-7,10-11,18H2,2-3H3,(H,27,29);1H. The van der Waals surface area contributed by atoms with Gasteiger partial charge in [0.05, 0.1) is 0 Å². The predicted octanol–water partition coefficient (Wildman–Crippen LogP) is 6.73. The van der Waals surface area contributed by atoms with E-state index in [4.69, 9.17) is 0 Å². The van der Waals surface area contributed by atoms with Gasteiger partial charge in [0.2, 0.25) is 0 Å². The number of hydrogen-bond acceptors (Lipinski definition) is 2. The van der Waals surface area contributed by atoms with E-state index >= 15 is 0 Å². The first-order chi connectivity index (χ1) is 13.9. The van der Waals surface area contributed by atoms with Crippen LogP contribution in [-0.2, 0) is 6.42 Å². The molecule has 30 heavy (non-hydrogen) atoms. The van der Waals surface area contributed by atoms with Crippen molar-refractivity contribution in [1.29, 1.82) is 0 Å². The van der Waals surface area contributed by atoms with Crippen molar-refractivity contribution in [2.75, 3.05) is 19.4 Å². The Morgan fingerprint density at radius 1 is 1.17 bits per heavy atom. The molecule has 1 amide bonds. The van der Waals surface area contributed by atoms with Crippen LogP contribution in [0.15, 0.2) is 65.7 Å². The van der Waals surface area contributed by atoms with Gasteiger partial charge in [0.15, 0.2) is 0 Å². The molecule has 0 radical (unpaired) electrons. The summed E-state index contributed by atoms with van der Waals surface area (Å²) >= 11 is 3.41. The van der Waals surface area contributed by atoms with E-state index in [0.29, 0.717) is 11.5 Å². The number of nitrogens with one attached hydrogen (secondary N) is 1. The van der Waals surface area contributed by atoms with Gasteiger partial charge in [-0.3, -0.25) is 9.69 Å². The van der Waals surface area contributed by atoms with Gasteiger partial charge in [-0.15, -0.1) is 19.0 Å². The van der Waals surface area contributed by atoms with E-state index in [2.05, 4.69) is 65.0 Å². The van der Waals surface area contributed by atoms with Crippen molar-refractivity contribution in [3.8, 4) is 0 Å². The van der Waals surface area contributed by atoms with E-state index < -0.39 is 0 Å². The number of carbonyl (C=O) groups is 1. The molecular weight excluding hydrogens is 460 g/mol. The highest BCUT2D eigenvalue weighted by molar-refractivity contribution is 9.10. The summed E-state index contributed by atoms with van der Waals surface area (Å²) < 4.78 is 0.896. The van der Waals surface area contributed by atoms with Crippen LogP contribution in [0.4, 0.5) is 5.69 Å². The Labute approximate surface area is 195 Å². The quantitative estimate of drug-likeness (QED) is 0.435. The van der Waals surface area contributed by atoms with E-state index in [1.165, 1.54) is 37.7 Å². The number of likely N-dealkylation sites (N-methyl/N-ethyl adjacent to an activating group) is 1. The monoisotopic (exact) mass is 490 g/mol. The summed E-state index contributed by atoms with van der Waals surface area (Å²) in [6.07, 6.45) is 9.61. The van der Waals surface area contributed by atoms with Gasteiger partial charge in [-0.2, -0.15) is 0 Å². The lowest BCUT2D eigenvalue weighted by Crippen LogP contribution is -2.51. The van der Waals surface area contributed by atoms with Crippen molar-refractivity contribution in [2.45, 2.75) is 44.1 Å². The maximum absolute atomic E-state index is 12.5. The Balaban J connectivity index is 0.00000320. The molecule has 1 saturated carbocycles. The molecule has 162 valence electrons. The molecule has 0 bridgehead atoms. The molecule has 1 atom stereocenters. The molecule has 1 unspecified atom stereocenters. The molecule has 0 aliphatic heterocycles. The molecule has 3 nitrogen and oxygen atoms in total. The lowest BCUT2D eigenvalue weighted by atomic mass is 9.71. The summed E-state index contributed by atoms with van der Waals surface area (Å²) in [5, 5.41) is 2.99. The first-order valence-electron chi connectivity index (χ1n) is 10.4. The third-order valence-electron chi connectivity index (χ3n) is 6.28. The summed E-state index contributed by atoms with van der Waals surface area (Å²) in [6, 6.07) is 15.7. The molecular formula is C25H32BrClN2O. The van der Waals surface area contributed by atoms with E-state index in [9.17, 15) is 4.79 Å². The molecule has 2 aromatic carbocycles. The third kappa shape index (κ3) is 5.75. The van der Waals surface area contributed by atoms with Gasteiger partial charge < -0.3 is 5.32 Å². The van der Waals surface area contributed by atoms with Gasteiger partial charge in [0.25, 0.3) is 5.91 Å². The zero-order valence-corrected chi connectivity index (χ0v) is 20.3. The summed E-state index contributed by atoms with van der Waals surface area (Å²) in [5.74, 6) is 0.537. The van der Waals surface area contributed by atoms with Crippen molar-refractivity contribution in [3.63, 3.8) is 0 Å². The molecule has 2 aromatic rings. The van der Waals surface area contributed by atoms with E-state index in [1.807, 2.05) is 36.4 Å². The molecule has 0 heterocycles. The second-order valence-corrected chi connectivity index (χ2v) is 9.18. The van der Waals surface area contributed by atoms with Crippen molar-refractivity contribution >= 4 is 39.9 Å². The Bertz CT molecular complexity index is 846. The second-order valence-electron chi connectivity index (χ2n) is 8.26. The first-order valence-corrected chi connectivity index (χ1v) is 11.2. The number of nitrogens with zero attached hydrogens (tertiary/aromatic N) is 1. The topological polar surface area (TPSA) is 32.3 Å². The molecule has 1 fully saturated rings. The maximum atomic E-state index is 12.5. The predicted molar refractivity (Wildman–Crippen MR) is 133 cm³/mol. The lowest BCUT2D eigenvalue weighted by Gasteiger charge is -2.46. The van der Waals surface area contributed by atoms with E-state index in [1.54, 1.807) is 0 Å². The van der Waals surface area contributed by atoms with Crippen LogP contribution in [0, 0.1) is 5.92 Å². The lowest BCUT2D eigenvalue weighted by molar-refractivity contribution is 0.0987. The molecule has 1 aliphatic carbocycles. The Hall–Kier alpha value is -1.62. The zero-order chi connectivity index (χ0) is 20.9. The van der Waals surface area contributed by atoms with Crippen molar-refractivity contribution in [2.24, 2.45) is 5.92 Å². The molecule has 3 rings (SSSR count). The molecule has 5 heteroatoms.